The van der Waals surface area contributed by atoms with Gasteiger partial charge in [0, 0.05) is 49.9 Å². The van der Waals surface area contributed by atoms with Crippen molar-refractivity contribution in [2.75, 3.05) is 13.1 Å². The van der Waals surface area contributed by atoms with E-state index >= 15 is 0 Å². The molecule has 0 saturated heterocycles. The smallest absolute Gasteiger partial charge is 0.286 e. The fourth-order valence-electron chi connectivity index (χ4n) is 3.12. The summed E-state index contributed by atoms with van der Waals surface area (Å²) < 4.78 is 7.18. The summed E-state index contributed by atoms with van der Waals surface area (Å²) in [5, 5.41) is 10.5. The molecule has 3 aromatic heterocycles. The van der Waals surface area contributed by atoms with Gasteiger partial charge < -0.3 is 9.73 Å². The maximum Gasteiger partial charge on any atom is 0.286 e. The van der Waals surface area contributed by atoms with Crippen LogP contribution in [0, 0.1) is 5.92 Å². The molecule has 1 aliphatic heterocycles. The molecule has 4 rings (SSSR count). The monoisotopic (exact) mass is 357 g/mol. The summed E-state index contributed by atoms with van der Waals surface area (Å²) >= 11 is 1.67. The molecule has 3 aromatic rings. The highest BCUT2D eigenvalue weighted by Crippen LogP contribution is 2.18. The van der Waals surface area contributed by atoms with Crippen LogP contribution in [0.15, 0.2) is 46.7 Å². The van der Waals surface area contributed by atoms with Crippen molar-refractivity contribution in [1.82, 2.24) is 25.0 Å². The lowest BCUT2D eigenvalue weighted by Gasteiger charge is -2.23. The molecule has 0 fully saturated rings. The molecular weight excluding hydrogens is 338 g/mol. The Balaban J connectivity index is 1.44. The lowest BCUT2D eigenvalue weighted by molar-refractivity contribution is 0.0912. The number of nitrogens with zero attached hydrogens (tertiary/aromatic N) is 4. The van der Waals surface area contributed by atoms with Gasteiger partial charge >= 0.3 is 0 Å². The van der Waals surface area contributed by atoms with E-state index in [0.717, 1.165) is 31.2 Å². The predicted octanol–water partition coefficient (Wildman–Crippen LogP) is 1.99. The number of carbonyl (C=O) groups is 1. The molecule has 0 radical (unpaired) electrons. The highest BCUT2D eigenvalue weighted by molar-refractivity contribution is 7.09. The van der Waals surface area contributed by atoms with Crippen LogP contribution in [-0.4, -0.2) is 38.7 Å². The van der Waals surface area contributed by atoms with E-state index in [9.17, 15) is 4.79 Å². The van der Waals surface area contributed by atoms with Crippen molar-refractivity contribution in [2.45, 2.75) is 19.6 Å². The molecule has 1 N–H and O–H groups in total. The van der Waals surface area contributed by atoms with Gasteiger partial charge in [0.25, 0.3) is 5.91 Å². The minimum Gasteiger partial charge on any atom is -0.459 e. The summed E-state index contributed by atoms with van der Waals surface area (Å²) in [6.07, 6.45) is 5.18. The Hall–Kier alpha value is -2.45. The first-order valence-electron chi connectivity index (χ1n) is 8.21. The quantitative estimate of drug-likeness (QED) is 0.756. The minimum absolute atomic E-state index is 0.179. The topological polar surface area (TPSA) is 76.2 Å². The van der Waals surface area contributed by atoms with E-state index in [1.165, 1.54) is 12.0 Å². The summed E-state index contributed by atoms with van der Waals surface area (Å²) in [6.45, 7) is 3.89. The molecular formula is C17H19N5O2S. The van der Waals surface area contributed by atoms with Crippen molar-refractivity contribution < 1.29 is 9.21 Å². The molecule has 4 heterocycles. The third kappa shape index (κ3) is 3.80. The Labute approximate surface area is 149 Å². The first kappa shape index (κ1) is 16.0. The van der Waals surface area contributed by atoms with Crippen LogP contribution in [0.2, 0.25) is 0 Å². The summed E-state index contributed by atoms with van der Waals surface area (Å²) in [5.41, 5.74) is 1.19. The predicted molar refractivity (Wildman–Crippen MR) is 93.0 cm³/mol. The van der Waals surface area contributed by atoms with Gasteiger partial charge in [0.1, 0.15) is 5.01 Å². The summed E-state index contributed by atoms with van der Waals surface area (Å²) in [7, 11) is 0. The zero-order valence-corrected chi connectivity index (χ0v) is 14.5. The second-order valence-electron chi connectivity index (χ2n) is 6.15. The summed E-state index contributed by atoms with van der Waals surface area (Å²) in [5.74, 6) is 0.425. The highest BCUT2D eigenvalue weighted by Gasteiger charge is 2.23. The number of carbonyl (C=O) groups excluding carboxylic acids is 1. The molecule has 1 aliphatic rings. The SMILES string of the molecule is O=C(NCC1CN(Cc2nccs2)Cc2ccnn2C1)c1ccco1. The van der Waals surface area contributed by atoms with Gasteiger partial charge in [0.05, 0.1) is 18.5 Å². The molecule has 8 heteroatoms. The third-order valence-electron chi connectivity index (χ3n) is 4.28. The van der Waals surface area contributed by atoms with E-state index in [1.807, 2.05) is 22.5 Å². The Morgan fingerprint density at radius 1 is 1.36 bits per heavy atom. The Morgan fingerprint density at radius 3 is 3.12 bits per heavy atom. The van der Waals surface area contributed by atoms with E-state index in [4.69, 9.17) is 4.42 Å². The Morgan fingerprint density at radius 2 is 2.32 bits per heavy atom. The normalized spacial score (nSPS) is 17.8. The maximum absolute atomic E-state index is 12.1. The standard InChI is InChI=1S/C17H19N5O2S/c23-17(15-2-1-6-24-15)19-8-13-9-21(12-16-18-5-7-25-16)11-14-3-4-20-22(14)10-13/h1-7,13H,8-12H2,(H,19,23). The number of fused-ring (bicyclic) bond motifs is 1. The Kier molecular flexibility index (Phi) is 4.62. The van der Waals surface area contributed by atoms with Gasteiger partial charge in [0.15, 0.2) is 5.76 Å². The molecule has 0 spiro atoms. The lowest BCUT2D eigenvalue weighted by atomic mass is 10.1. The van der Waals surface area contributed by atoms with Gasteiger partial charge in [-0.3, -0.25) is 14.4 Å². The summed E-state index contributed by atoms with van der Waals surface area (Å²) in [4.78, 5) is 18.9. The number of aromatic nitrogens is 3. The van der Waals surface area contributed by atoms with E-state index in [0.29, 0.717) is 12.3 Å². The molecule has 1 amide bonds. The number of rotatable bonds is 5. The van der Waals surface area contributed by atoms with Crippen LogP contribution in [0.1, 0.15) is 21.3 Å². The minimum atomic E-state index is -0.179. The van der Waals surface area contributed by atoms with Crippen molar-refractivity contribution in [3.63, 3.8) is 0 Å². The number of nitrogens with one attached hydrogen (secondary N) is 1. The van der Waals surface area contributed by atoms with Crippen LogP contribution in [0.25, 0.3) is 0 Å². The average Bonchev–Trinajstić information content (AvgIpc) is 3.35. The molecule has 25 heavy (non-hydrogen) atoms. The zero-order chi connectivity index (χ0) is 17.1. The Bertz CT molecular complexity index is 812. The van der Waals surface area contributed by atoms with E-state index in [-0.39, 0.29) is 11.8 Å². The van der Waals surface area contributed by atoms with Crippen LogP contribution in [0.3, 0.4) is 0 Å². The second kappa shape index (κ2) is 7.20. The zero-order valence-electron chi connectivity index (χ0n) is 13.7. The largest absolute Gasteiger partial charge is 0.459 e. The number of thiazole rings is 1. The van der Waals surface area contributed by atoms with Crippen LogP contribution in [-0.2, 0) is 19.6 Å². The third-order valence-corrected chi connectivity index (χ3v) is 5.04. The van der Waals surface area contributed by atoms with E-state index < -0.39 is 0 Å². The van der Waals surface area contributed by atoms with Crippen molar-refractivity contribution >= 4 is 17.2 Å². The van der Waals surface area contributed by atoms with Crippen LogP contribution in [0.5, 0.6) is 0 Å². The fraction of sp³-hybridized carbons (Fsp3) is 0.353. The number of furan rings is 1. The van der Waals surface area contributed by atoms with Crippen molar-refractivity contribution in [3.8, 4) is 0 Å². The van der Waals surface area contributed by atoms with Crippen molar-refractivity contribution in [3.05, 3.63) is 58.7 Å². The molecule has 0 bridgehead atoms. The van der Waals surface area contributed by atoms with Crippen molar-refractivity contribution in [2.24, 2.45) is 5.92 Å². The van der Waals surface area contributed by atoms with Gasteiger partial charge in [-0.1, -0.05) is 0 Å². The molecule has 1 atom stereocenters. The molecule has 0 saturated carbocycles. The molecule has 0 aliphatic carbocycles. The average molecular weight is 357 g/mol. The molecule has 130 valence electrons. The van der Waals surface area contributed by atoms with Gasteiger partial charge in [-0.2, -0.15) is 5.10 Å². The van der Waals surface area contributed by atoms with E-state index in [2.05, 4.69) is 26.4 Å². The molecule has 0 aromatic carbocycles. The number of amides is 1. The molecule has 7 nitrogen and oxygen atoms in total. The first-order valence-corrected chi connectivity index (χ1v) is 9.09. The maximum atomic E-state index is 12.1. The van der Waals surface area contributed by atoms with Crippen LogP contribution < -0.4 is 5.32 Å². The second-order valence-corrected chi connectivity index (χ2v) is 7.13. The van der Waals surface area contributed by atoms with Gasteiger partial charge in [-0.25, -0.2) is 4.98 Å². The van der Waals surface area contributed by atoms with Gasteiger partial charge in [-0.15, -0.1) is 11.3 Å². The van der Waals surface area contributed by atoms with Gasteiger partial charge in [-0.05, 0) is 18.2 Å². The van der Waals surface area contributed by atoms with E-state index in [1.54, 1.807) is 23.5 Å². The fourth-order valence-corrected chi connectivity index (χ4v) is 3.78. The highest BCUT2D eigenvalue weighted by atomic mass is 32.1. The lowest BCUT2D eigenvalue weighted by Crippen LogP contribution is -2.36. The first-order chi connectivity index (χ1) is 12.3. The molecule has 1 unspecified atom stereocenters. The van der Waals surface area contributed by atoms with Gasteiger partial charge in [0.2, 0.25) is 0 Å². The van der Waals surface area contributed by atoms with Crippen LogP contribution >= 0.6 is 11.3 Å². The van der Waals surface area contributed by atoms with Crippen molar-refractivity contribution in [1.29, 1.82) is 0 Å². The number of hydrogen-bond acceptors (Lipinski definition) is 6. The number of hydrogen-bond donors (Lipinski definition) is 1. The summed E-state index contributed by atoms with van der Waals surface area (Å²) in [6, 6.07) is 5.44. The van der Waals surface area contributed by atoms with Crippen LogP contribution in [0.4, 0.5) is 0 Å².